The van der Waals surface area contributed by atoms with Crippen molar-refractivity contribution in [1.82, 2.24) is 20.1 Å². The lowest BCUT2D eigenvalue weighted by Gasteiger charge is -2.49. The molecule has 1 aliphatic carbocycles. The number of nitrogens with one attached hydrogen (secondary N) is 2. The Morgan fingerprint density at radius 2 is 1.95 bits per heavy atom. The number of pyridine rings is 1. The van der Waals surface area contributed by atoms with E-state index in [-0.39, 0.29) is 44.7 Å². The van der Waals surface area contributed by atoms with Crippen molar-refractivity contribution in [3.05, 3.63) is 85.4 Å². The number of β-lactam (4-membered cyclic amide) rings is 1. The van der Waals surface area contributed by atoms with Crippen molar-refractivity contribution < 1.29 is 33.4 Å². The van der Waals surface area contributed by atoms with Crippen LogP contribution >= 0.6 is 34.7 Å². The number of carbonyl (C=O) groups is 4. The maximum Gasteiger partial charge on any atom is 0.352 e. The summed E-state index contributed by atoms with van der Waals surface area (Å²) in [6.45, 7) is 4.38. The number of benzene rings is 2. The number of nitrogens with two attached hydrogens (primary N) is 1. The Bertz CT molecular complexity index is 2360. The predicted octanol–water partition coefficient (Wildman–Crippen LogP) is 4.37. The monoisotopic (exact) mass is 808 g/mol. The molecule has 2 aromatic heterocycles. The number of fused-ring (bicyclic) bond motifs is 3. The van der Waals surface area contributed by atoms with Crippen LogP contribution in [-0.2, 0) is 19.1 Å². The van der Waals surface area contributed by atoms with Crippen LogP contribution < -0.4 is 26.7 Å². The fourth-order valence-corrected chi connectivity index (χ4v) is 10.4. The lowest BCUT2D eigenvalue weighted by atomic mass is 10.0. The van der Waals surface area contributed by atoms with Crippen LogP contribution in [0, 0.1) is 11.7 Å². The van der Waals surface area contributed by atoms with Gasteiger partial charge in [-0.15, -0.1) is 23.1 Å². The van der Waals surface area contributed by atoms with E-state index in [2.05, 4.69) is 10.6 Å². The fraction of sp³-hybridized carbons (Fsp3) is 0.395. The van der Waals surface area contributed by atoms with E-state index in [1.165, 1.54) is 29.3 Å². The van der Waals surface area contributed by atoms with Gasteiger partial charge >= 0.3 is 11.9 Å². The molecule has 55 heavy (non-hydrogen) atoms. The van der Waals surface area contributed by atoms with Gasteiger partial charge in [0.25, 0.3) is 5.91 Å². The molecule has 2 amide bonds. The van der Waals surface area contributed by atoms with Crippen LogP contribution in [0.5, 0.6) is 0 Å². The second-order valence-corrected chi connectivity index (χ2v) is 16.6. The molecule has 3 fully saturated rings. The van der Waals surface area contributed by atoms with Gasteiger partial charge in [-0.2, -0.15) is 0 Å². The number of anilines is 1. The fourth-order valence-electron chi connectivity index (χ4n) is 7.71. The van der Waals surface area contributed by atoms with Gasteiger partial charge in [-0.25, -0.2) is 14.0 Å². The smallest absolute Gasteiger partial charge is 0.352 e. The van der Waals surface area contributed by atoms with Gasteiger partial charge in [0.05, 0.1) is 21.6 Å². The second kappa shape index (κ2) is 14.9. The lowest BCUT2D eigenvalue weighted by Crippen LogP contribution is -2.71. The highest BCUT2D eigenvalue weighted by Crippen LogP contribution is 2.44. The number of halogens is 2. The highest BCUT2D eigenvalue weighted by Gasteiger charge is 2.54. The number of amides is 2. The summed E-state index contributed by atoms with van der Waals surface area (Å²) in [5.41, 5.74) is 6.19. The zero-order valence-corrected chi connectivity index (χ0v) is 32.1. The number of nitrogens with zero attached hydrogens (tertiary/aromatic N) is 3. The van der Waals surface area contributed by atoms with E-state index in [0.29, 0.717) is 30.1 Å². The topological polar surface area (TPSA) is 176 Å². The van der Waals surface area contributed by atoms with Gasteiger partial charge in [0, 0.05) is 41.4 Å². The first-order valence-corrected chi connectivity index (χ1v) is 20.4. The van der Waals surface area contributed by atoms with Gasteiger partial charge in [0.2, 0.25) is 11.3 Å². The van der Waals surface area contributed by atoms with E-state index in [1.54, 1.807) is 9.95 Å². The molecule has 3 aliphatic heterocycles. The Morgan fingerprint density at radius 3 is 2.69 bits per heavy atom. The summed E-state index contributed by atoms with van der Waals surface area (Å²) in [5.74, 6) is -3.92. The Balaban J connectivity index is 0.997. The highest BCUT2D eigenvalue weighted by atomic mass is 35.5. The van der Waals surface area contributed by atoms with Gasteiger partial charge in [0.1, 0.15) is 41.1 Å². The zero-order chi connectivity index (χ0) is 38.7. The minimum absolute atomic E-state index is 0.0522. The van der Waals surface area contributed by atoms with Crippen LogP contribution in [0.15, 0.2) is 58.0 Å². The van der Waals surface area contributed by atoms with Crippen molar-refractivity contribution >= 4 is 85.1 Å². The average Bonchev–Trinajstić information content (AvgIpc) is 3.77. The van der Waals surface area contributed by atoms with Crippen LogP contribution in [0.1, 0.15) is 54.2 Å². The number of carbonyl (C=O) groups excluding carboxylic acids is 3. The molecule has 1 unspecified atom stereocenters. The molecule has 5 heterocycles. The van der Waals surface area contributed by atoms with Crippen LogP contribution in [0.2, 0.25) is 5.02 Å². The number of carboxylic acid groups (broad SMARTS) is 1. The number of thioether (sulfide) groups is 1. The summed E-state index contributed by atoms with van der Waals surface area (Å²) in [6, 6.07) is 6.54. The first-order chi connectivity index (χ1) is 26.5. The van der Waals surface area contributed by atoms with Crippen molar-refractivity contribution in [3.8, 4) is 0 Å². The van der Waals surface area contributed by atoms with Crippen molar-refractivity contribution in [2.24, 2.45) is 11.7 Å². The summed E-state index contributed by atoms with van der Waals surface area (Å²) in [5, 5.41) is 18.2. The molecular weight excluding hydrogens is 771 g/mol. The second-order valence-electron chi connectivity index (χ2n) is 14.2. The Morgan fingerprint density at radius 1 is 1.16 bits per heavy atom. The highest BCUT2D eigenvalue weighted by molar-refractivity contribution is 8.00. The van der Waals surface area contributed by atoms with Gasteiger partial charge in [-0.1, -0.05) is 36.7 Å². The van der Waals surface area contributed by atoms with Crippen LogP contribution in [-0.4, -0.2) is 88.3 Å². The van der Waals surface area contributed by atoms with Crippen LogP contribution in [0.25, 0.3) is 21.0 Å². The maximum absolute atomic E-state index is 15.8. The summed E-state index contributed by atoms with van der Waals surface area (Å²) < 4.78 is 24.1. The van der Waals surface area contributed by atoms with Crippen molar-refractivity contribution in [2.45, 2.75) is 49.7 Å². The Hall–Kier alpha value is -4.48. The SMILES string of the molecule is CCNCC1CCN(c2c(F)cc3c(=O)c(C(=O)OCC4=C(C(=O)O)N5C(=O)[C@@H](NC(=O)[C@H](N)c6csc7ccccc67)[C@H]5SC4)cn(C4CC4)c3c2Cl)C1. The number of rotatable bonds is 12. The molecule has 288 valence electrons. The number of aliphatic carboxylic acids is 1. The maximum atomic E-state index is 15.8. The van der Waals surface area contributed by atoms with Gasteiger partial charge in [-0.3, -0.25) is 19.3 Å². The molecule has 4 atom stereocenters. The summed E-state index contributed by atoms with van der Waals surface area (Å²) in [4.78, 5) is 69.3. The number of hydrogen-bond acceptors (Lipinski definition) is 11. The van der Waals surface area contributed by atoms with Crippen molar-refractivity contribution in [1.29, 1.82) is 0 Å². The Kier molecular flexibility index (Phi) is 10.1. The molecule has 4 aromatic rings. The van der Waals surface area contributed by atoms with Gasteiger partial charge < -0.3 is 35.7 Å². The summed E-state index contributed by atoms with van der Waals surface area (Å²) in [7, 11) is 0. The third kappa shape index (κ3) is 6.67. The predicted molar refractivity (Wildman–Crippen MR) is 209 cm³/mol. The molecular formula is C38H38ClFN6O7S2. The van der Waals surface area contributed by atoms with E-state index in [9.17, 15) is 29.1 Å². The first-order valence-electron chi connectivity index (χ1n) is 18.1. The van der Waals surface area contributed by atoms with E-state index in [4.69, 9.17) is 22.1 Å². The van der Waals surface area contributed by atoms with Crippen molar-refractivity contribution in [3.63, 3.8) is 0 Å². The molecule has 8 rings (SSSR count). The molecule has 5 N–H and O–H groups in total. The first kappa shape index (κ1) is 37.4. The number of thiophene rings is 1. The lowest BCUT2D eigenvalue weighted by molar-refractivity contribution is -0.151. The standard InChI is InChI=1S/C38H38ClFN6O7S2/c1-2-42-12-18-9-10-44(13-18)32-25(40)11-22-31(27(32)39)45(20-7-8-20)14-23(33(22)47)38(52)53-15-19-16-55-36-29(35(49)46(36)30(19)37(50)51)43-34(48)28(41)24-17-54-26-6-4-3-5-21(24)26/h3-6,11,14,17-18,20,28-29,36,42H,2,7-10,12-13,15-16,41H2,1H3,(H,43,48)(H,50,51)/t18?,28-,29-,36-/m1/s1. The molecule has 0 radical (unpaired) electrons. The van der Waals surface area contributed by atoms with Gasteiger partial charge in [0.15, 0.2) is 0 Å². The third-order valence-electron chi connectivity index (χ3n) is 10.7. The average molecular weight is 809 g/mol. The van der Waals surface area contributed by atoms with E-state index in [0.717, 1.165) is 53.4 Å². The molecule has 2 aromatic carbocycles. The number of esters is 1. The summed E-state index contributed by atoms with van der Waals surface area (Å²) >= 11 is 9.56. The Labute approximate surface area is 327 Å². The number of ether oxygens (including phenoxy) is 1. The van der Waals surface area contributed by atoms with Crippen LogP contribution in [0.3, 0.4) is 0 Å². The molecule has 2 saturated heterocycles. The number of hydrogen-bond donors (Lipinski definition) is 4. The van der Waals surface area contributed by atoms with Gasteiger partial charge in [-0.05, 0) is 66.7 Å². The van der Waals surface area contributed by atoms with E-state index in [1.807, 2.05) is 36.1 Å². The van der Waals surface area contributed by atoms with Crippen LogP contribution in [0.4, 0.5) is 10.1 Å². The minimum atomic E-state index is -1.41. The number of carboxylic acids is 1. The number of aromatic nitrogens is 1. The summed E-state index contributed by atoms with van der Waals surface area (Å²) in [6.07, 6.45) is 3.81. The van der Waals surface area contributed by atoms with E-state index < -0.39 is 59.1 Å². The minimum Gasteiger partial charge on any atom is -0.477 e. The quantitative estimate of drug-likeness (QED) is 0.118. The van der Waals surface area contributed by atoms with E-state index >= 15 is 4.39 Å². The molecule has 17 heteroatoms. The normalized spacial score (nSPS) is 21.5. The largest absolute Gasteiger partial charge is 0.477 e. The molecule has 13 nitrogen and oxygen atoms in total. The third-order valence-corrected chi connectivity index (χ3v) is 13.4. The van der Waals surface area contributed by atoms with Crippen molar-refractivity contribution in [2.75, 3.05) is 43.4 Å². The molecule has 4 aliphatic rings. The zero-order valence-electron chi connectivity index (χ0n) is 29.7. The molecule has 0 spiro atoms. The molecule has 1 saturated carbocycles. The molecule has 0 bridgehead atoms.